The normalized spacial score (nSPS) is 17.2. The van der Waals surface area contributed by atoms with Crippen LogP contribution < -0.4 is 9.47 Å². The molecule has 1 fully saturated rings. The van der Waals surface area contributed by atoms with Gasteiger partial charge in [0.05, 0.1) is 20.3 Å². The molecule has 2 aliphatic heterocycles. The Morgan fingerprint density at radius 1 is 1.19 bits per heavy atom. The highest BCUT2D eigenvalue weighted by atomic mass is 35.5. The van der Waals surface area contributed by atoms with E-state index in [9.17, 15) is 9.59 Å². The molecule has 2 aliphatic rings. The van der Waals surface area contributed by atoms with Gasteiger partial charge in [-0.3, -0.25) is 4.79 Å². The third-order valence-corrected chi connectivity index (χ3v) is 5.13. The van der Waals surface area contributed by atoms with Gasteiger partial charge in [-0.15, -0.1) is 0 Å². The molecule has 8 nitrogen and oxygen atoms in total. The Labute approximate surface area is 190 Å². The Morgan fingerprint density at radius 3 is 2.75 bits per heavy atom. The van der Waals surface area contributed by atoms with Crippen LogP contribution in [-0.4, -0.2) is 62.7 Å². The molecule has 2 aromatic carbocycles. The molecule has 0 unspecified atom stereocenters. The number of ether oxygens (including phenoxy) is 4. The van der Waals surface area contributed by atoms with Gasteiger partial charge in [-0.1, -0.05) is 23.7 Å². The molecule has 0 saturated carbocycles. The molecule has 0 aromatic heterocycles. The number of hydrogen-bond acceptors (Lipinski definition) is 7. The van der Waals surface area contributed by atoms with Crippen molar-refractivity contribution in [2.24, 2.45) is 4.99 Å². The van der Waals surface area contributed by atoms with Gasteiger partial charge < -0.3 is 23.8 Å². The van der Waals surface area contributed by atoms with Crippen LogP contribution >= 0.6 is 11.6 Å². The van der Waals surface area contributed by atoms with Gasteiger partial charge in [-0.05, 0) is 42.0 Å². The Morgan fingerprint density at radius 2 is 2.00 bits per heavy atom. The van der Waals surface area contributed by atoms with E-state index < -0.39 is 5.97 Å². The fourth-order valence-electron chi connectivity index (χ4n) is 3.25. The third-order valence-electron chi connectivity index (χ3n) is 4.90. The van der Waals surface area contributed by atoms with Crippen molar-refractivity contribution in [1.82, 2.24) is 4.90 Å². The molecule has 0 spiro atoms. The lowest BCUT2D eigenvalue weighted by Gasteiger charge is -2.26. The van der Waals surface area contributed by atoms with E-state index in [2.05, 4.69) is 4.99 Å². The largest absolute Gasteiger partial charge is 0.493 e. The minimum Gasteiger partial charge on any atom is -0.493 e. The first-order valence-electron chi connectivity index (χ1n) is 9.98. The quantitative estimate of drug-likeness (QED) is 0.490. The topological polar surface area (TPSA) is 86.7 Å². The Hall–Kier alpha value is -3.36. The zero-order valence-corrected chi connectivity index (χ0v) is 18.1. The van der Waals surface area contributed by atoms with Gasteiger partial charge in [0.15, 0.2) is 23.8 Å². The molecule has 1 amide bonds. The van der Waals surface area contributed by atoms with E-state index in [1.54, 1.807) is 53.4 Å². The summed E-state index contributed by atoms with van der Waals surface area (Å²) in [6, 6.07) is 12.0. The van der Waals surface area contributed by atoms with Crippen molar-refractivity contribution in [3.63, 3.8) is 0 Å². The first-order chi connectivity index (χ1) is 15.5. The van der Waals surface area contributed by atoms with Gasteiger partial charge in [-0.2, -0.15) is 0 Å². The van der Waals surface area contributed by atoms with Gasteiger partial charge in [0.2, 0.25) is 5.90 Å². The van der Waals surface area contributed by atoms with Crippen molar-refractivity contribution >= 4 is 35.5 Å². The van der Waals surface area contributed by atoms with Crippen LogP contribution in [0.25, 0.3) is 6.08 Å². The third kappa shape index (κ3) is 5.09. The molecule has 0 bridgehead atoms. The maximum atomic E-state index is 12.3. The van der Waals surface area contributed by atoms with Crippen LogP contribution in [0.1, 0.15) is 11.1 Å². The number of rotatable bonds is 6. The summed E-state index contributed by atoms with van der Waals surface area (Å²) in [7, 11) is 1.50. The maximum Gasteiger partial charge on any atom is 0.363 e. The number of benzene rings is 2. The summed E-state index contributed by atoms with van der Waals surface area (Å²) in [6.07, 6.45) is 1.59. The van der Waals surface area contributed by atoms with Crippen molar-refractivity contribution in [3.8, 4) is 11.5 Å². The minimum absolute atomic E-state index is 0.101. The van der Waals surface area contributed by atoms with E-state index in [1.165, 1.54) is 7.11 Å². The number of aliphatic imine (C=N–C) groups is 1. The smallest absolute Gasteiger partial charge is 0.363 e. The van der Waals surface area contributed by atoms with Crippen molar-refractivity contribution in [1.29, 1.82) is 0 Å². The Kier molecular flexibility index (Phi) is 6.72. The SMILES string of the molecule is COc1cc(/C=C2/N=C(c3cccc(Cl)c3)OC2=O)ccc1OCC(=O)N1CCOCC1. The molecule has 1 saturated heterocycles. The zero-order chi connectivity index (χ0) is 22.5. The van der Waals surface area contributed by atoms with Crippen LogP contribution in [0.4, 0.5) is 0 Å². The molecule has 32 heavy (non-hydrogen) atoms. The summed E-state index contributed by atoms with van der Waals surface area (Å²) < 4.78 is 21.6. The van der Waals surface area contributed by atoms with E-state index in [1.807, 2.05) is 0 Å². The number of cyclic esters (lactones) is 1. The number of carbonyl (C=O) groups excluding carboxylic acids is 2. The molecule has 0 atom stereocenters. The Balaban J connectivity index is 1.48. The summed E-state index contributed by atoms with van der Waals surface area (Å²) in [5.74, 6) is 0.374. The highest BCUT2D eigenvalue weighted by Crippen LogP contribution is 2.30. The molecule has 0 N–H and O–H groups in total. The van der Waals surface area contributed by atoms with Gasteiger partial charge in [0.1, 0.15) is 0 Å². The number of methoxy groups -OCH3 is 1. The van der Waals surface area contributed by atoms with Crippen molar-refractivity contribution in [3.05, 3.63) is 64.3 Å². The standard InChI is InChI=1S/C23H21ClN2O6/c1-29-20-12-15(5-6-19(20)31-14-21(27)26-7-9-30-10-8-26)11-18-23(28)32-22(25-18)16-3-2-4-17(24)13-16/h2-6,11-13H,7-10,14H2,1H3/b18-11+. The first-order valence-corrected chi connectivity index (χ1v) is 10.4. The maximum absolute atomic E-state index is 12.3. The number of carbonyl (C=O) groups is 2. The van der Waals surface area contributed by atoms with Crippen molar-refractivity contribution in [2.75, 3.05) is 40.0 Å². The highest BCUT2D eigenvalue weighted by Gasteiger charge is 2.24. The van der Waals surface area contributed by atoms with Crippen LogP contribution in [0, 0.1) is 0 Å². The van der Waals surface area contributed by atoms with E-state index in [4.69, 9.17) is 30.5 Å². The molecular weight excluding hydrogens is 436 g/mol. The van der Waals surface area contributed by atoms with Crippen LogP contribution in [0.15, 0.2) is 53.2 Å². The summed E-state index contributed by atoms with van der Waals surface area (Å²) in [4.78, 5) is 30.5. The monoisotopic (exact) mass is 456 g/mol. The number of hydrogen-bond donors (Lipinski definition) is 0. The van der Waals surface area contributed by atoms with Gasteiger partial charge in [0.25, 0.3) is 5.91 Å². The second-order valence-corrected chi connectivity index (χ2v) is 7.47. The van der Waals surface area contributed by atoms with E-state index in [0.29, 0.717) is 54.0 Å². The number of esters is 1. The predicted molar refractivity (Wildman–Crippen MR) is 118 cm³/mol. The lowest BCUT2D eigenvalue weighted by molar-refractivity contribution is -0.137. The molecule has 0 radical (unpaired) electrons. The fraction of sp³-hybridized carbons (Fsp3) is 0.261. The molecule has 9 heteroatoms. The average molecular weight is 457 g/mol. The van der Waals surface area contributed by atoms with Crippen LogP contribution in [0.5, 0.6) is 11.5 Å². The predicted octanol–water partition coefficient (Wildman–Crippen LogP) is 2.93. The van der Waals surface area contributed by atoms with E-state index in [-0.39, 0.29) is 24.1 Å². The summed E-state index contributed by atoms with van der Waals surface area (Å²) in [6.45, 7) is 2.07. The van der Waals surface area contributed by atoms with Crippen LogP contribution in [-0.2, 0) is 19.1 Å². The lowest BCUT2D eigenvalue weighted by Crippen LogP contribution is -2.43. The number of halogens is 1. The summed E-state index contributed by atoms with van der Waals surface area (Å²) >= 11 is 6.00. The number of morpholine rings is 1. The minimum atomic E-state index is -0.560. The van der Waals surface area contributed by atoms with Gasteiger partial charge in [-0.25, -0.2) is 9.79 Å². The van der Waals surface area contributed by atoms with Gasteiger partial charge >= 0.3 is 5.97 Å². The molecule has 4 rings (SSSR count). The van der Waals surface area contributed by atoms with Gasteiger partial charge in [0, 0.05) is 23.7 Å². The fourth-order valence-corrected chi connectivity index (χ4v) is 3.44. The zero-order valence-electron chi connectivity index (χ0n) is 17.4. The van der Waals surface area contributed by atoms with Crippen LogP contribution in [0.2, 0.25) is 5.02 Å². The lowest BCUT2D eigenvalue weighted by atomic mass is 10.1. The second-order valence-electron chi connectivity index (χ2n) is 7.04. The molecule has 0 aliphatic carbocycles. The van der Waals surface area contributed by atoms with Crippen molar-refractivity contribution in [2.45, 2.75) is 0 Å². The average Bonchev–Trinajstić information content (AvgIpc) is 3.18. The summed E-state index contributed by atoms with van der Waals surface area (Å²) in [5.41, 5.74) is 1.43. The number of amides is 1. The number of nitrogens with zero attached hydrogens (tertiary/aromatic N) is 2. The van der Waals surface area contributed by atoms with E-state index in [0.717, 1.165) is 0 Å². The van der Waals surface area contributed by atoms with Crippen molar-refractivity contribution < 1.29 is 28.5 Å². The molecule has 2 aromatic rings. The first kappa shape index (κ1) is 21.9. The molecule has 166 valence electrons. The highest BCUT2D eigenvalue weighted by molar-refractivity contribution is 6.31. The second kappa shape index (κ2) is 9.84. The Bertz CT molecular complexity index is 1090. The molecular formula is C23H21ClN2O6. The van der Waals surface area contributed by atoms with E-state index >= 15 is 0 Å². The summed E-state index contributed by atoms with van der Waals surface area (Å²) in [5, 5.41) is 0.520. The van der Waals surface area contributed by atoms with Crippen LogP contribution in [0.3, 0.4) is 0 Å². The molecule has 2 heterocycles.